The van der Waals surface area contributed by atoms with E-state index in [9.17, 15) is 14.0 Å². The Morgan fingerprint density at radius 3 is 2.62 bits per heavy atom. The lowest BCUT2D eigenvalue weighted by Gasteiger charge is -2.31. The number of likely N-dealkylation sites (tertiary alicyclic amines) is 1. The van der Waals surface area contributed by atoms with E-state index in [1.54, 1.807) is 24.1 Å². The Morgan fingerprint density at radius 2 is 1.96 bits per heavy atom. The van der Waals surface area contributed by atoms with Crippen molar-refractivity contribution in [2.45, 2.75) is 45.1 Å². The van der Waals surface area contributed by atoms with Crippen LogP contribution in [0.5, 0.6) is 0 Å². The standard InChI is InChI=1S/C18H22ClFN2O2/c1-21(11-13-14(19)6-5-7-15(13)20)12-22-16(23)10-18(17(22)24)8-3-2-4-9-18/h5-7H,2-4,8-12H2,1H3. The zero-order chi connectivity index (χ0) is 17.3. The molecule has 0 atom stereocenters. The van der Waals surface area contributed by atoms with Crippen LogP contribution in [-0.4, -0.2) is 35.3 Å². The smallest absolute Gasteiger partial charge is 0.237 e. The first-order valence-electron chi connectivity index (χ1n) is 8.39. The lowest BCUT2D eigenvalue weighted by molar-refractivity contribution is -0.144. The van der Waals surface area contributed by atoms with Gasteiger partial charge in [-0.25, -0.2) is 4.39 Å². The van der Waals surface area contributed by atoms with Crippen molar-refractivity contribution in [2.75, 3.05) is 13.7 Å². The van der Waals surface area contributed by atoms with Gasteiger partial charge in [0.1, 0.15) is 5.82 Å². The fourth-order valence-electron chi connectivity index (χ4n) is 3.87. The summed E-state index contributed by atoms with van der Waals surface area (Å²) in [5, 5.41) is 0.352. The minimum absolute atomic E-state index is 0.0568. The molecule has 0 radical (unpaired) electrons. The number of carbonyl (C=O) groups excluding carboxylic acids is 2. The van der Waals surface area contributed by atoms with Crippen LogP contribution in [0.25, 0.3) is 0 Å². The van der Waals surface area contributed by atoms with E-state index in [1.165, 1.54) is 11.0 Å². The number of hydrogen-bond donors (Lipinski definition) is 0. The SMILES string of the molecule is CN(Cc1c(F)cccc1Cl)CN1C(=O)CC2(CCCCC2)C1=O. The second kappa shape index (κ2) is 6.81. The van der Waals surface area contributed by atoms with Crippen LogP contribution in [0.2, 0.25) is 5.02 Å². The molecule has 0 N–H and O–H groups in total. The van der Waals surface area contributed by atoms with Crippen LogP contribution in [0.4, 0.5) is 4.39 Å². The quantitative estimate of drug-likeness (QED) is 0.778. The lowest BCUT2D eigenvalue weighted by Crippen LogP contribution is -2.42. The van der Waals surface area contributed by atoms with Crippen LogP contribution in [0, 0.1) is 11.2 Å². The highest BCUT2D eigenvalue weighted by Crippen LogP contribution is 2.45. The lowest BCUT2D eigenvalue weighted by atomic mass is 9.73. The Bertz CT molecular complexity index is 638. The average Bonchev–Trinajstić information content (AvgIpc) is 2.76. The Balaban J connectivity index is 1.69. The van der Waals surface area contributed by atoms with Crippen LogP contribution < -0.4 is 0 Å². The fourth-order valence-corrected chi connectivity index (χ4v) is 4.09. The van der Waals surface area contributed by atoms with Crippen molar-refractivity contribution in [3.8, 4) is 0 Å². The molecular weight excluding hydrogens is 331 g/mol. The zero-order valence-corrected chi connectivity index (χ0v) is 14.6. The number of imide groups is 1. The highest BCUT2D eigenvalue weighted by atomic mass is 35.5. The maximum absolute atomic E-state index is 13.9. The van der Waals surface area contributed by atoms with Gasteiger partial charge in [-0.05, 0) is 32.0 Å². The molecule has 4 nitrogen and oxygen atoms in total. The molecule has 130 valence electrons. The highest BCUT2D eigenvalue weighted by Gasteiger charge is 2.51. The van der Waals surface area contributed by atoms with Gasteiger partial charge in [-0.2, -0.15) is 0 Å². The molecule has 0 unspecified atom stereocenters. The van der Waals surface area contributed by atoms with E-state index in [1.807, 2.05) is 0 Å². The molecule has 1 spiro atoms. The van der Waals surface area contributed by atoms with Crippen molar-refractivity contribution >= 4 is 23.4 Å². The molecule has 0 aromatic heterocycles. The first-order valence-corrected chi connectivity index (χ1v) is 8.77. The van der Waals surface area contributed by atoms with E-state index in [0.717, 1.165) is 32.1 Å². The van der Waals surface area contributed by atoms with Gasteiger partial charge in [-0.15, -0.1) is 0 Å². The largest absolute Gasteiger partial charge is 0.284 e. The van der Waals surface area contributed by atoms with Gasteiger partial charge in [0.15, 0.2) is 0 Å². The normalized spacial score (nSPS) is 20.4. The third-order valence-corrected chi connectivity index (χ3v) is 5.53. The monoisotopic (exact) mass is 352 g/mol. The van der Waals surface area contributed by atoms with Gasteiger partial charge in [-0.3, -0.25) is 19.4 Å². The van der Waals surface area contributed by atoms with Crippen molar-refractivity contribution in [3.05, 3.63) is 34.6 Å². The van der Waals surface area contributed by atoms with Crippen LogP contribution in [0.15, 0.2) is 18.2 Å². The molecule has 6 heteroatoms. The molecule has 3 rings (SSSR count). The number of rotatable bonds is 4. The van der Waals surface area contributed by atoms with Gasteiger partial charge in [0.2, 0.25) is 11.8 Å². The Labute approximate surface area is 146 Å². The van der Waals surface area contributed by atoms with Gasteiger partial charge < -0.3 is 0 Å². The zero-order valence-electron chi connectivity index (χ0n) is 13.9. The van der Waals surface area contributed by atoms with E-state index in [2.05, 4.69) is 0 Å². The number of carbonyl (C=O) groups is 2. The van der Waals surface area contributed by atoms with E-state index in [-0.39, 0.29) is 30.8 Å². The Hall–Kier alpha value is -1.46. The van der Waals surface area contributed by atoms with Gasteiger partial charge in [-0.1, -0.05) is 36.9 Å². The summed E-state index contributed by atoms with van der Waals surface area (Å²) in [7, 11) is 1.76. The molecule has 1 saturated heterocycles. The predicted molar refractivity (Wildman–Crippen MR) is 89.7 cm³/mol. The number of hydrogen-bond acceptors (Lipinski definition) is 3. The summed E-state index contributed by atoms with van der Waals surface area (Å²) in [5.74, 6) is -0.552. The summed E-state index contributed by atoms with van der Waals surface area (Å²) in [6.07, 6.45) is 5.07. The van der Waals surface area contributed by atoms with E-state index >= 15 is 0 Å². The van der Waals surface area contributed by atoms with Crippen molar-refractivity contribution in [1.29, 1.82) is 0 Å². The topological polar surface area (TPSA) is 40.6 Å². The van der Waals surface area contributed by atoms with E-state index in [4.69, 9.17) is 11.6 Å². The predicted octanol–water partition coefficient (Wildman–Crippen LogP) is 3.58. The molecule has 1 aromatic carbocycles. The van der Waals surface area contributed by atoms with Crippen molar-refractivity contribution < 1.29 is 14.0 Å². The van der Waals surface area contributed by atoms with Gasteiger partial charge in [0.05, 0.1) is 12.1 Å². The first-order chi connectivity index (χ1) is 11.4. The maximum Gasteiger partial charge on any atom is 0.237 e. The van der Waals surface area contributed by atoms with E-state index < -0.39 is 5.41 Å². The van der Waals surface area contributed by atoms with Gasteiger partial charge in [0.25, 0.3) is 0 Å². The molecular formula is C18H22ClFN2O2. The highest BCUT2D eigenvalue weighted by molar-refractivity contribution is 6.31. The van der Waals surface area contributed by atoms with Crippen molar-refractivity contribution in [1.82, 2.24) is 9.80 Å². The molecule has 1 saturated carbocycles. The first kappa shape index (κ1) is 17.4. The molecule has 1 aromatic rings. The number of halogens is 2. The summed E-state index contributed by atoms with van der Waals surface area (Å²) in [6, 6.07) is 4.55. The maximum atomic E-state index is 13.9. The number of nitrogens with zero attached hydrogens (tertiary/aromatic N) is 2. The Kier molecular flexibility index (Phi) is 4.92. The third-order valence-electron chi connectivity index (χ3n) is 5.17. The molecule has 24 heavy (non-hydrogen) atoms. The minimum atomic E-state index is -0.480. The number of benzene rings is 1. The molecule has 0 bridgehead atoms. The van der Waals surface area contributed by atoms with Crippen molar-refractivity contribution in [3.63, 3.8) is 0 Å². The van der Waals surface area contributed by atoms with Gasteiger partial charge in [0, 0.05) is 23.6 Å². The van der Waals surface area contributed by atoms with Crippen LogP contribution >= 0.6 is 11.6 Å². The van der Waals surface area contributed by atoms with E-state index in [0.29, 0.717) is 17.0 Å². The fraction of sp³-hybridized carbons (Fsp3) is 0.556. The summed E-state index contributed by atoms with van der Waals surface area (Å²) < 4.78 is 13.9. The molecule has 1 aliphatic carbocycles. The van der Waals surface area contributed by atoms with Crippen LogP contribution in [-0.2, 0) is 16.1 Å². The second-order valence-corrected chi connectivity index (χ2v) is 7.41. The molecule has 2 amide bonds. The molecule has 2 fully saturated rings. The van der Waals surface area contributed by atoms with Crippen LogP contribution in [0.3, 0.4) is 0 Å². The van der Waals surface area contributed by atoms with Crippen molar-refractivity contribution in [2.24, 2.45) is 5.41 Å². The third kappa shape index (κ3) is 3.20. The number of amides is 2. The van der Waals surface area contributed by atoms with Crippen LogP contribution in [0.1, 0.15) is 44.1 Å². The molecule has 1 heterocycles. The summed E-state index contributed by atoms with van der Waals surface area (Å²) in [4.78, 5) is 28.2. The Morgan fingerprint density at radius 1 is 1.25 bits per heavy atom. The molecule has 1 aliphatic heterocycles. The summed E-state index contributed by atoms with van der Waals surface area (Å²) in [6.45, 7) is 0.416. The molecule has 2 aliphatic rings. The summed E-state index contributed by atoms with van der Waals surface area (Å²) >= 11 is 6.05. The summed E-state index contributed by atoms with van der Waals surface area (Å²) in [5.41, 5.74) is -0.0978. The average molecular weight is 353 g/mol. The second-order valence-electron chi connectivity index (χ2n) is 7.00. The van der Waals surface area contributed by atoms with Gasteiger partial charge >= 0.3 is 0 Å². The minimum Gasteiger partial charge on any atom is -0.284 e.